The SMILES string of the molecule is COCCC1CN(Cc2ccncc2Cl)CCO1. The maximum atomic E-state index is 6.12. The van der Waals surface area contributed by atoms with Gasteiger partial charge >= 0.3 is 0 Å². The minimum Gasteiger partial charge on any atom is -0.385 e. The molecule has 1 unspecified atom stereocenters. The molecule has 1 saturated heterocycles. The molecule has 0 N–H and O–H groups in total. The monoisotopic (exact) mass is 270 g/mol. The van der Waals surface area contributed by atoms with Crippen LogP contribution in [-0.4, -0.2) is 49.4 Å². The molecule has 1 aromatic rings. The number of hydrogen-bond acceptors (Lipinski definition) is 4. The lowest BCUT2D eigenvalue weighted by Gasteiger charge is -2.33. The molecule has 5 heteroatoms. The topological polar surface area (TPSA) is 34.6 Å². The molecule has 1 atom stereocenters. The molecule has 0 aliphatic carbocycles. The molecule has 4 nitrogen and oxygen atoms in total. The van der Waals surface area contributed by atoms with E-state index >= 15 is 0 Å². The molecule has 0 amide bonds. The van der Waals surface area contributed by atoms with Crippen LogP contribution < -0.4 is 0 Å². The zero-order valence-corrected chi connectivity index (χ0v) is 11.4. The Hall–Kier alpha value is -0.680. The Bertz CT molecular complexity index is 376. The van der Waals surface area contributed by atoms with Crippen LogP contribution in [0.25, 0.3) is 0 Å². The van der Waals surface area contributed by atoms with E-state index in [-0.39, 0.29) is 6.10 Å². The van der Waals surface area contributed by atoms with Crippen molar-refractivity contribution in [2.45, 2.75) is 19.1 Å². The molecule has 1 aliphatic rings. The second-order valence-electron chi connectivity index (χ2n) is 4.48. The normalized spacial score (nSPS) is 21.1. The highest BCUT2D eigenvalue weighted by molar-refractivity contribution is 6.31. The van der Waals surface area contributed by atoms with Gasteiger partial charge in [-0.3, -0.25) is 9.88 Å². The average molecular weight is 271 g/mol. The van der Waals surface area contributed by atoms with Crippen molar-refractivity contribution in [1.82, 2.24) is 9.88 Å². The highest BCUT2D eigenvalue weighted by Crippen LogP contribution is 2.18. The van der Waals surface area contributed by atoms with E-state index < -0.39 is 0 Å². The summed E-state index contributed by atoms with van der Waals surface area (Å²) in [6, 6.07) is 1.97. The minimum atomic E-state index is 0.263. The quantitative estimate of drug-likeness (QED) is 0.819. The van der Waals surface area contributed by atoms with Crippen molar-refractivity contribution in [3.8, 4) is 0 Å². The van der Waals surface area contributed by atoms with Gasteiger partial charge in [0.2, 0.25) is 0 Å². The molecular formula is C13H19ClN2O2. The summed E-state index contributed by atoms with van der Waals surface area (Å²) in [4.78, 5) is 6.37. The lowest BCUT2D eigenvalue weighted by molar-refractivity contribution is -0.0432. The van der Waals surface area contributed by atoms with E-state index in [9.17, 15) is 0 Å². The molecule has 1 fully saturated rings. The zero-order valence-electron chi connectivity index (χ0n) is 10.6. The fourth-order valence-electron chi connectivity index (χ4n) is 2.12. The number of hydrogen-bond donors (Lipinski definition) is 0. The van der Waals surface area contributed by atoms with Crippen molar-refractivity contribution in [2.75, 3.05) is 33.4 Å². The number of ether oxygens (including phenoxy) is 2. The van der Waals surface area contributed by atoms with Crippen LogP contribution in [0.1, 0.15) is 12.0 Å². The van der Waals surface area contributed by atoms with Gasteiger partial charge in [0.25, 0.3) is 0 Å². The van der Waals surface area contributed by atoms with Gasteiger partial charge in [0.15, 0.2) is 0 Å². The highest BCUT2D eigenvalue weighted by atomic mass is 35.5. The van der Waals surface area contributed by atoms with Crippen LogP contribution in [0.5, 0.6) is 0 Å². The van der Waals surface area contributed by atoms with Gasteiger partial charge in [-0.15, -0.1) is 0 Å². The fraction of sp³-hybridized carbons (Fsp3) is 0.615. The summed E-state index contributed by atoms with van der Waals surface area (Å²) in [6.07, 6.45) is 4.68. The second-order valence-corrected chi connectivity index (χ2v) is 4.88. The van der Waals surface area contributed by atoms with Crippen molar-refractivity contribution in [1.29, 1.82) is 0 Å². The van der Waals surface area contributed by atoms with E-state index in [0.717, 1.165) is 49.9 Å². The number of nitrogens with zero attached hydrogens (tertiary/aromatic N) is 2. The Morgan fingerprint density at radius 3 is 3.28 bits per heavy atom. The molecule has 1 aliphatic heterocycles. The molecule has 0 aromatic carbocycles. The van der Waals surface area contributed by atoms with Gasteiger partial charge in [-0.05, 0) is 18.1 Å². The van der Waals surface area contributed by atoms with E-state index in [1.54, 1.807) is 19.5 Å². The molecule has 0 bridgehead atoms. The summed E-state index contributed by atoms with van der Waals surface area (Å²) in [5.74, 6) is 0. The maximum Gasteiger partial charge on any atom is 0.0724 e. The van der Waals surface area contributed by atoms with Crippen LogP contribution in [0.3, 0.4) is 0 Å². The average Bonchev–Trinajstić information content (AvgIpc) is 2.40. The lowest BCUT2D eigenvalue weighted by atomic mass is 10.2. The van der Waals surface area contributed by atoms with E-state index in [1.165, 1.54) is 0 Å². The fourth-order valence-corrected chi connectivity index (χ4v) is 2.30. The van der Waals surface area contributed by atoms with Gasteiger partial charge in [0.1, 0.15) is 0 Å². The van der Waals surface area contributed by atoms with Crippen molar-refractivity contribution < 1.29 is 9.47 Å². The predicted molar refractivity (Wildman–Crippen MR) is 70.8 cm³/mol. The van der Waals surface area contributed by atoms with Gasteiger partial charge < -0.3 is 9.47 Å². The summed E-state index contributed by atoms with van der Waals surface area (Å²) in [5.41, 5.74) is 1.12. The molecule has 0 spiro atoms. The van der Waals surface area contributed by atoms with Crippen molar-refractivity contribution >= 4 is 11.6 Å². The summed E-state index contributed by atoms with van der Waals surface area (Å²) in [5, 5.41) is 0.734. The van der Waals surface area contributed by atoms with Crippen LogP contribution >= 0.6 is 11.6 Å². The van der Waals surface area contributed by atoms with Crippen LogP contribution in [0, 0.1) is 0 Å². The van der Waals surface area contributed by atoms with Crippen LogP contribution in [0.15, 0.2) is 18.5 Å². The molecular weight excluding hydrogens is 252 g/mol. The Morgan fingerprint density at radius 1 is 1.61 bits per heavy atom. The number of rotatable bonds is 5. The van der Waals surface area contributed by atoms with E-state index in [4.69, 9.17) is 21.1 Å². The second kappa shape index (κ2) is 7.04. The predicted octanol–water partition coefficient (Wildman–Crippen LogP) is 1.97. The summed E-state index contributed by atoms with van der Waals surface area (Å²) in [6.45, 7) is 4.25. The van der Waals surface area contributed by atoms with Gasteiger partial charge in [0.05, 0.1) is 17.7 Å². The lowest BCUT2D eigenvalue weighted by Crippen LogP contribution is -2.42. The third kappa shape index (κ3) is 3.92. The third-order valence-electron chi connectivity index (χ3n) is 3.12. The number of pyridine rings is 1. The van der Waals surface area contributed by atoms with Gasteiger partial charge in [0, 0.05) is 45.7 Å². The summed E-state index contributed by atoms with van der Waals surface area (Å²) >= 11 is 6.12. The Labute approximate surface area is 113 Å². The number of methoxy groups -OCH3 is 1. The maximum absolute atomic E-state index is 6.12. The third-order valence-corrected chi connectivity index (χ3v) is 3.46. The highest BCUT2D eigenvalue weighted by Gasteiger charge is 2.20. The van der Waals surface area contributed by atoms with Crippen LogP contribution in [0.4, 0.5) is 0 Å². The molecule has 0 saturated carbocycles. The van der Waals surface area contributed by atoms with Crippen LogP contribution in [-0.2, 0) is 16.0 Å². The number of aromatic nitrogens is 1. The first-order chi connectivity index (χ1) is 8.79. The Balaban J connectivity index is 1.87. The van der Waals surface area contributed by atoms with E-state index in [2.05, 4.69) is 9.88 Å². The first kappa shape index (κ1) is 13.7. The van der Waals surface area contributed by atoms with Crippen molar-refractivity contribution in [2.24, 2.45) is 0 Å². The largest absolute Gasteiger partial charge is 0.385 e. The van der Waals surface area contributed by atoms with Crippen molar-refractivity contribution in [3.05, 3.63) is 29.0 Å². The molecule has 0 radical (unpaired) electrons. The number of morpholine rings is 1. The van der Waals surface area contributed by atoms with E-state index in [0.29, 0.717) is 0 Å². The summed E-state index contributed by atoms with van der Waals surface area (Å²) in [7, 11) is 1.72. The zero-order chi connectivity index (χ0) is 12.8. The molecule has 2 heterocycles. The van der Waals surface area contributed by atoms with E-state index in [1.807, 2.05) is 6.07 Å². The molecule has 18 heavy (non-hydrogen) atoms. The minimum absolute atomic E-state index is 0.263. The van der Waals surface area contributed by atoms with Gasteiger partial charge in [-0.25, -0.2) is 0 Å². The van der Waals surface area contributed by atoms with Crippen LogP contribution in [0.2, 0.25) is 5.02 Å². The Morgan fingerprint density at radius 2 is 2.50 bits per heavy atom. The van der Waals surface area contributed by atoms with Gasteiger partial charge in [-0.2, -0.15) is 0 Å². The standard InChI is InChI=1S/C13H19ClN2O2/c1-17-6-3-12-10-16(5-7-18-12)9-11-2-4-15-8-13(11)14/h2,4,8,12H,3,5-7,9-10H2,1H3. The van der Waals surface area contributed by atoms with Crippen molar-refractivity contribution in [3.63, 3.8) is 0 Å². The smallest absolute Gasteiger partial charge is 0.0724 e. The summed E-state index contributed by atoms with van der Waals surface area (Å²) < 4.78 is 10.8. The van der Waals surface area contributed by atoms with Gasteiger partial charge in [-0.1, -0.05) is 11.6 Å². The molecule has 2 rings (SSSR count). The molecule has 100 valence electrons. The Kier molecular flexibility index (Phi) is 5.38. The first-order valence-corrected chi connectivity index (χ1v) is 6.58. The first-order valence-electron chi connectivity index (χ1n) is 6.21. The molecule has 1 aromatic heterocycles. The number of halogens is 1.